The van der Waals surface area contributed by atoms with Crippen LogP contribution in [-0.4, -0.2) is 17.4 Å². The number of carbonyl (C=O) groups is 1. The molecule has 0 fully saturated rings. The molecule has 0 saturated carbocycles. The van der Waals surface area contributed by atoms with Crippen molar-refractivity contribution in [2.75, 3.05) is 16.8 Å². The van der Waals surface area contributed by atoms with Crippen LogP contribution in [0.4, 0.5) is 11.4 Å². The molecule has 2 heterocycles. The number of hydrogen-bond acceptors (Lipinski definition) is 3. The number of rotatable bonds is 2. The van der Waals surface area contributed by atoms with Crippen molar-refractivity contribution in [3.05, 3.63) is 90.3 Å². The summed E-state index contributed by atoms with van der Waals surface area (Å²) in [6.07, 6.45) is 3.29. The van der Waals surface area contributed by atoms with E-state index in [2.05, 4.69) is 22.4 Å². The van der Waals surface area contributed by atoms with Crippen molar-refractivity contribution in [3.63, 3.8) is 0 Å². The Hall–Kier alpha value is -3.14. The van der Waals surface area contributed by atoms with Gasteiger partial charge in [-0.05, 0) is 29.8 Å². The molecule has 24 heavy (non-hydrogen) atoms. The number of aromatic nitrogens is 1. The largest absolute Gasteiger partial charge is 0.375 e. The first kappa shape index (κ1) is 14.5. The number of benzene rings is 2. The molecule has 1 aliphatic rings. The zero-order valence-electron chi connectivity index (χ0n) is 13.1. The monoisotopic (exact) mass is 315 g/mol. The molecule has 0 aliphatic carbocycles. The van der Waals surface area contributed by atoms with Gasteiger partial charge in [0.1, 0.15) is 0 Å². The number of carbonyl (C=O) groups excluding carboxylic acids is 1. The molecule has 3 aromatic rings. The normalized spacial score (nSPS) is 16.2. The maximum Gasteiger partial charge on any atom is 0.259 e. The van der Waals surface area contributed by atoms with E-state index < -0.39 is 0 Å². The number of hydrogen-bond donors (Lipinski definition) is 1. The number of pyridine rings is 1. The Labute approximate surface area is 140 Å². The molecule has 1 amide bonds. The number of nitrogens with zero attached hydrogens (tertiary/aromatic N) is 2. The SMILES string of the molecule is O=C(c1cccnc1)N1CC(c2ccccc2)Nc2ccccc21. The lowest BCUT2D eigenvalue weighted by Gasteiger charge is -2.36. The number of amides is 1. The Morgan fingerprint density at radius 1 is 1.00 bits per heavy atom. The predicted molar refractivity (Wildman–Crippen MR) is 95.2 cm³/mol. The lowest BCUT2D eigenvalue weighted by atomic mass is 10.0. The van der Waals surface area contributed by atoms with E-state index in [0.717, 1.165) is 16.9 Å². The Morgan fingerprint density at radius 2 is 1.79 bits per heavy atom. The predicted octanol–water partition coefficient (Wildman–Crippen LogP) is 3.90. The lowest BCUT2D eigenvalue weighted by Crippen LogP contribution is -2.40. The average molecular weight is 315 g/mol. The van der Waals surface area contributed by atoms with Gasteiger partial charge in [0.05, 0.1) is 29.5 Å². The standard InChI is InChI=1S/C20H17N3O/c24-20(16-9-6-12-21-13-16)23-14-18(15-7-2-1-3-8-15)22-17-10-4-5-11-19(17)23/h1-13,18,22H,14H2. The van der Waals surface area contributed by atoms with Crippen LogP contribution in [0.3, 0.4) is 0 Å². The summed E-state index contributed by atoms with van der Waals surface area (Å²) in [5.41, 5.74) is 3.63. The van der Waals surface area contributed by atoms with Crippen molar-refractivity contribution < 1.29 is 4.79 Å². The highest BCUT2D eigenvalue weighted by molar-refractivity contribution is 6.08. The molecule has 1 unspecified atom stereocenters. The molecule has 4 heteroatoms. The van der Waals surface area contributed by atoms with Crippen LogP contribution in [0, 0.1) is 0 Å². The van der Waals surface area contributed by atoms with Crippen LogP contribution >= 0.6 is 0 Å². The van der Waals surface area contributed by atoms with E-state index in [9.17, 15) is 4.79 Å². The maximum atomic E-state index is 13.0. The van der Waals surface area contributed by atoms with E-state index in [0.29, 0.717) is 12.1 Å². The molecule has 0 spiro atoms. The van der Waals surface area contributed by atoms with Gasteiger partial charge in [0.2, 0.25) is 0 Å². The van der Waals surface area contributed by atoms with Gasteiger partial charge in [-0.3, -0.25) is 9.78 Å². The summed E-state index contributed by atoms with van der Waals surface area (Å²) in [4.78, 5) is 18.9. The molecular formula is C20H17N3O. The third-order valence-corrected chi connectivity index (χ3v) is 4.25. The topological polar surface area (TPSA) is 45.2 Å². The molecule has 0 saturated heterocycles. The van der Waals surface area contributed by atoms with Gasteiger partial charge in [-0.2, -0.15) is 0 Å². The van der Waals surface area contributed by atoms with Crippen molar-refractivity contribution >= 4 is 17.3 Å². The minimum Gasteiger partial charge on any atom is -0.375 e. The van der Waals surface area contributed by atoms with Crippen LogP contribution in [0.2, 0.25) is 0 Å². The Balaban J connectivity index is 1.73. The molecule has 0 radical (unpaired) electrons. The number of nitrogens with one attached hydrogen (secondary N) is 1. The van der Waals surface area contributed by atoms with Crippen molar-refractivity contribution in [3.8, 4) is 0 Å². The summed E-state index contributed by atoms with van der Waals surface area (Å²) < 4.78 is 0. The second-order valence-corrected chi connectivity index (χ2v) is 5.78. The molecular weight excluding hydrogens is 298 g/mol. The zero-order chi connectivity index (χ0) is 16.4. The van der Waals surface area contributed by atoms with Gasteiger partial charge >= 0.3 is 0 Å². The van der Waals surface area contributed by atoms with Crippen LogP contribution in [0.25, 0.3) is 0 Å². The number of para-hydroxylation sites is 2. The minimum absolute atomic E-state index is 0.0296. The average Bonchev–Trinajstić information content (AvgIpc) is 2.68. The fourth-order valence-electron chi connectivity index (χ4n) is 3.06. The van der Waals surface area contributed by atoms with E-state index in [1.165, 1.54) is 0 Å². The lowest BCUT2D eigenvalue weighted by molar-refractivity contribution is 0.0984. The van der Waals surface area contributed by atoms with Gasteiger partial charge < -0.3 is 10.2 Å². The van der Waals surface area contributed by atoms with Gasteiger partial charge in [0.15, 0.2) is 0 Å². The van der Waals surface area contributed by atoms with Gasteiger partial charge in [-0.25, -0.2) is 0 Å². The highest BCUT2D eigenvalue weighted by atomic mass is 16.2. The van der Waals surface area contributed by atoms with Crippen molar-refractivity contribution in [2.45, 2.75) is 6.04 Å². The molecule has 118 valence electrons. The number of fused-ring (bicyclic) bond motifs is 1. The van der Waals surface area contributed by atoms with Gasteiger partial charge in [0, 0.05) is 12.4 Å². The molecule has 4 nitrogen and oxygen atoms in total. The highest BCUT2D eigenvalue weighted by Crippen LogP contribution is 2.36. The Morgan fingerprint density at radius 3 is 2.58 bits per heavy atom. The first-order valence-electron chi connectivity index (χ1n) is 7.95. The van der Waals surface area contributed by atoms with Crippen molar-refractivity contribution in [2.24, 2.45) is 0 Å². The fraction of sp³-hybridized carbons (Fsp3) is 0.100. The third-order valence-electron chi connectivity index (χ3n) is 4.25. The minimum atomic E-state index is -0.0296. The summed E-state index contributed by atoms with van der Waals surface area (Å²) in [6, 6.07) is 21.8. The molecule has 4 rings (SSSR count). The Bertz CT molecular complexity index is 849. The van der Waals surface area contributed by atoms with Crippen LogP contribution in [0.15, 0.2) is 79.1 Å². The number of anilines is 2. The quantitative estimate of drug-likeness (QED) is 0.780. The molecule has 1 aliphatic heterocycles. The highest BCUT2D eigenvalue weighted by Gasteiger charge is 2.29. The second kappa shape index (κ2) is 6.16. The molecule has 0 bridgehead atoms. The molecule has 1 aromatic heterocycles. The van der Waals surface area contributed by atoms with E-state index in [-0.39, 0.29) is 11.9 Å². The Kier molecular flexibility index (Phi) is 3.71. The van der Waals surface area contributed by atoms with Gasteiger partial charge in [-0.15, -0.1) is 0 Å². The summed E-state index contributed by atoms with van der Waals surface area (Å²) in [5, 5.41) is 3.54. The van der Waals surface area contributed by atoms with Crippen molar-refractivity contribution in [1.29, 1.82) is 0 Å². The summed E-state index contributed by atoms with van der Waals surface area (Å²) in [6.45, 7) is 0.578. The van der Waals surface area contributed by atoms with E-state index in [4.69, 9.17) is 0 Å². The van der Waals surface area contributed by atoms with Gasteiger partial charge in [0.25, 0.3) is 5.91 Å². The van der Waals surface area contributed by atoms with E-state index in [1.807, 2.05) is 47.4 Å². The third kappa shape index (κ3) is 2.63. The summed E-state index contributed by atoms with van der Waals surface area (Å²) in [7, 11) is 0. The van der Waals surface area contributed by atoms with Crippen LogP contribution in [-0.2, 0) is 0 Å². The molecule has 2 aromatic carbocycles. The smallest absolute Gasteiger partial charge is 0.259 e. The molecule has 1 atom stereocenters. The van der Waals surface area contributed by atoms with Crippen LogP contribution < -0.4 is 10.2 Å². The van der Waals surface area contributed by atoms with Gasteiger partial charge in [-0.1, -0.05) is 42.5 Å². The van der Waals surface area contributed by atoms with Crippen LogP contribution in [0.1, 0.15) is 22.0 Å². The molecule has 1 N–H and O–H groups in total. The summed E-state index contributed by atoms with van der Waals surface area (Å²) in [5.74, 6) is -0.0296. The van der Waals surface area contributed by atoms with Crippen LogP contribution in [0.5, 0.6) is 0 Å². The second-order valence-electron chi connectivity index (χ2n) is 5.78. The first-order chi connectivity index (χ1) is 11.8. The van der Waals surface area contributed by atoms with E-state index >= 15 is 0 Å². The summed E-state index contributed by atoms with van der Waals surface area (Å²) >= 11 is 0. The van der Waals surface area contributed by atoms with E-state index in [1.54, 1.807) is 24.5 Å². The maximum absolute atomic E-state index is 13.0. The van der Waals surface area contributed by atoms with Crippen molar-refractivity contribution in [1.82, 2.24) is 4.98 Å². The fourth-order valence-corrected chi connectivity index (χ4v) is 3.06. The zero-order valence-corrected chi connectivity index (χ0v) is 13.1. The first-order valence-corrected chi connectivity index (χ1v) is 7.95.